The number of para-hydroxylation sites is 2. The van der Waals surface area contributed by atoms with E-state index in [0.717, 1.165) is 4.31 Å². The average molecular weight is 586 g/mol. The number of sulfonamides is 1. The molecule has 9 nitrogen and oxygen atoms in total. The molecule has 0 aromatic heterocycles. The molecular weight excluding hydrogens is 549 g/mol. The molecule has 0 spiro atoms. The molecule has 0 heterocycles. The van der Waals surface area contributed by atoms with Crippen LogP contribution >= 0.6 is 0 Å². The van der Waals surface area contributed by atoms with Crippen LogP contribution in [0.3, 0.4) is 0 Å². The lowest BCUT2D eigenvalue weighted by molar-refractivity contribution is -0.139. The van der Waals surface area contributed by atoms with Gasteiger partial charge in [-0.2, -0.15) is 0 Å². The fraction of sp³-hybridized carbons (Fsp3) is 0.333. The van der Waals surface area contributed by atoms with Gasteiger partial charge in [0.05, 0.1) is 24.8 Å². The molecule has 3 aromatic rings. The number of hydrogen-bond donors (Lipinski definition) is 1. The third-order valence-corrected chi connectivity index (χ3v) is 8.17. The zero-order valence-corrected chi connectivity index (χ0v) is 24.7. The summed E-state index contributed by atoms with van der Waals surface area (Å²) in [5.74, 6) is -0.577. The van der Waals surface area contributed by atoms with Crippen molar-refractivity contribution >= 4 is 27.5 Å². The molecule has 0 saturated carbocycles. The number of hydrogen-bond acceptors (Lipinski definition) is 6. The van der Waals surface area contributed by atoms with Crippen molar-refractivity contribution in [3.63, 3.8) is 0 Å². The van der Waals surface area contributed by atoms with Gasteiger partial charge >= 0.3 is 0 Å². The number of halogens is 1. The fourth-order valence-corrected chi connectivity index (χ4v) is 5.47. The SMILES string of the molecule is COc1ccc(S(=O)(=O)N(CC(=O)N(Cc2ccc(F)cc2)[C@H](C)C(=O)NCC(C)C)c2ccccc2OC)cc1. The van der Waals surface area contributed by atoms with E-state index in [9.17, 15) is 22.4 Å². The Morgan fingerprint density at radius 2 is 1.54 bits per heavy atom. The lowest BCUT2D eigenvalue weighted by Crippen LogP contribution is -2.51. The second kappa shape index (κ2) is 14.0. The molecule has 0 radical (unpaired) electrons. The maximum atomic E-state index is 14.0. The van der Waals surface area contributed by atoms with Crippen LogP contribution in [0.25, 0.3) is 0 Å². The Bertz CT molecular complexity index is 1430. The number of anilines is 1. The van der Waals surface area contributed by atoms with E-state index < -0.39 is 40.2 Å². The van der Waals surface area contributed by atoms with Gasteiger partial charge < -0.3 is 19.7 Å². The molecule has 0 aliphatic heterocycles. The minimum Gasteiger partial charge on any atom is -0.497 e. The lowest BCUT2D eigenvalue weighted by atomic mass is 10.1. The smallest absolute Gasteiger partial charge is 0.264 e. The first-order chi connectivity index (χ1) is 19.5. The van der Waals surface area contributed by atoms with Crippen molar-refractivity contribution in [1.29, 1.82) is 0 Å². The lowest BCUT2D eigenvalue weighted by Gasteiger charge is -2.32. The average Bonchev–Trinajstić information content (AvgIpc) is 2.97. The summed E-state index contributed by atoms with van der Waals surface area (Å²) in [5.41, 5.74) is 0.725. The molecule has 0 aliphatic carbocycles. The molecule has 3 rings (SSSR count). The number of methoxy groups -OCH3 is 2. The molecule has 1 atom stereocenters. The zero-order valence-electron chi connectivity index (χ0n) is 23.8. The standard InChI is InChI=1S/C30H36FN3O6S/c1-21(2)18-32-30(36)22(3)33(19-23-10-12-24(31)13-11-23)29(35)20-34(27-8-6-7-9-28(27)40-5)41(37,38)26-16-14-25(39-4)15-17-26/h6-17,21-22H,18-20H2,1-5H3,(H,32,36)/t22-/m1/s1. The summed E-state index contributed by atoms with van der Waals surface area (Å²) in [6, 6.07) is 16.8. The molecule has 0 saturated heterocycles. The Morgan fingerprint density at radius 1 is 0.902 bits per heavy atom. The van der Waals surface area contributed by atoms with Gasteiger partial charge in [-0.15, -0.1) is 0 Å². The van der Waals surface area contributed by atoms with Gasteiger partial charge in [0.15, 0.2) is 0 Å². The predicted molar refractivity (Wildman–Crippen MR) is 155 cm³/mol. The van der Waals surface area contributed by atoms with Gasteiger partial charge in [0, 0.05) is 13.1 Å². The van der Waals surface area contributed by atoms with E-state index in [-0.39, 0.29) is 28.8 Å². The monoisotopic (exact) mass is 585 g/mol. The highest BCUT2D eigenvalue weighted by Crippen LogP contribution is 2.33. The molecular formula is C30H36FN3O6S. The number of benzene rings is 3. The Labute approximate surface area is 240 Å². The number of rotatable bonds is 13. The van der Waals surface area contributed by atoms with Crippen LogP contribution in [0.15, 0.2) is 77.7 Å². The molecule has 220 valence electrons. The van der Waals surface area contributed by atoms with E-state index in [1.54, 1.807) is 25.1 Å². The Kier molecular flexibility index (Phi) is 10.7. The van der Waals surface area contributed by atoms with Crippen molar-refractivity contribution in [3.8, 4) is 11.5 Å². The summed E-state index contributed by atoms with van der Waals surface area (Å²) < 4.78 is 53.1. The summed E-state index contributed by atoms with van der Waals surface area (Å²) in [4.78, 5) is 28.2. The highest BCUT2D eigenvalue weighted by Gasteiger charge is 2.33. The van der Waals surface area contributed by atoms with E-state index in [1.165, 1.54) is 73.7 Å². The van der Waals surface area contributed by atoms with Gasteiger partial charge in [0.2, 0.25) is 11.8 Å². The van der Waals surface area contributed by atoms with E-state index in [1.807, 2.05) is 13.8 Å². The van der Waals surface area contributed by atoms with Crippen molar-refractivity contribution < 1.29 is 31.9 Å². The topological polar surface area (TPSA) is 105 Å². The third-order valence-electron chi connectivity index (χ3n) is 6.40. The Balaban J connectivity index is 2.05. The van der Waals surface area contributed by atoms with Crippen molar-refractivity contribution in [2.24, 2.45) is 5.92 Å². The van der Waals surface area contributed by atoms with Crippen LogP contribution in [0.5, 0.6) is 11.5 Å². The number of nitrogens with one attached hydrogen (secondary N) is 1. The van der Waals surface area contributed by atoms with E-state index in [2.05, 4.69) is 5.32 Å². The number of carbonyl (C=O) groups excluding carboxylic acids is 2. The Hall–Kier alpha value is -4.12. The summed E-state index contributed by atoms with van der Waals surface area (Å²) >= 11 is 0. The summed E-state index contributed by atoms with van der Waals surface area (Å²) in [5, 5.41) is 2.83. The van der Waals surface area contributed by atoms with Crippen LogP contribution in [0.2, 0.25) is 0 Å². The van der Waals surface area contributed by atoms with Crippen LogP contribution in [-0.2, 0) is 26.2 Å². The minimum absolute atomic E-state index is 0.0439. The van der Waals surface area contributed by atoms with Crippen LogP contribution < -0.4 is 19.1 Å². The molecule has 41 heavy (non-hydrogen) atoms. The first kappa shape index (κ1) is 31.4. The fourth-order valence-electron chi connectivity index (χ4n) is 4.05. The highest BCUT2D eigenvalue weighted by molar-refractivity contribution is 7.92. The van der Waals surface area contributed by atoms with Crippen LogP contribution in [0.4, 0.5) is 10.1 Å². The highest BCUT2D eigenvalue weighted by atomic mass is 32.2. The van der Waals surface area contributed by atoms with Crippen molar-refractivity contribution in [3.05, 3.63) is 84.2 Å². The van der Waals surface area contributed by atoms with Gasteiger partial charge in [0.1, 0.15) is 29.9 Å². The number of nitrogens with zero attached hydrogens (tertiary/aromatic N) is 2. The second-order valence-corrected chi connectivity index (χ2v) is 11.7. The first-order valence-corrected chi connectivity index (χ1v) is 14.5. The van der Waals surface area contributed by atoms with Crippen molar-refractivity contribution in [1.82, 2.24) is 10.2 Å². The molecule has 0 aliphatic rings. The van der Waals surface area contributed by atoms with Crippen LogP contribution in [0.1, 0.15) is 26.3 Å². The largest absolute Gasteiger partial charge is 0.497 e. The minimum atomic E-state index is -4.29. The Morgan fingerprint density at radius 3 is 2.12 bits per heavy atom. The molecule has 2 amide bonds. The summed E-state index contributed by atoms with van der Waals surface area (Å²) in [6.45, 7) is 5.20. The molecule has 3 aromatic carbocycles. The number of carbonyl (C=O) groups is 2. The van der Waals surface area contributed by atoms with Gasteiger partial charge in [-0.25, -0.2) is 12.8 Å². The maximum absolute atomic E-state index is 14.0. The number of amides is 2. The van der Waals surface area contributed by atoms with E-state index in [0.29, 0.717) is 17.9 Å². The quantitative estimate of drug-likeness (QED) is 0.322. The summed E-state index contributed by atoms with van der Waals surface area (Å²) in [7, 11) is -1.41. The predicted octanol–water partition coefficient (Wildman–Crippen LogP) is 4.23. The van der Waals surface area contributed by atoms with Gasteiger partial charge in [-0.3, -0.25) is 13.9 Å². The van der Waals surface area contributed by atoms with E-state index in [4.69, 9.17) is 9.47 Å². The van der Waals surface area contributed by atoms with E-state index >= 15 is 0 Å². The van der Waals surface area contributed by atoms with Crippen molar-refractivity contribution in [2.75, 3.05) is 31.6 Å². The maximum Gasteiger partial charge on any atom is 0.264 e. The molecule has 11 heteroatoms. The van der Waals surface area contributed by atoms with Crippen LogP contribution in [0, 0.1) is 11.7 Å². The number of ether oxygens (including phenoxy) is 2. The summed E-state index contributed by atoms with van der Waals surface area (Å²) in [6.07, 6.45) is 0. The molecule has 0 fully saturated rings. The normalized spacial score (nSPS) is 12.0. The third kappa shape index (κ3) is 7.97. The van der Waals surface area contributed by atoms with Gasteiger partial charge in [-0.1, -0.05) is 38.1 Å². The van der Waals surface area contributed by atoms with Crippen molar-refractivity contribution in [2.45, 2.75) is 38.3 Å². The van der Waals surface area contributed by atoms with Gasteiger partial charge in [0.25, 0.3) is 10.0 Å². The van der Waals surface area contributed by atoms with Gasteiger partial charge in [-0.05, 0) is 66.9 Å². The van der Waals surface area contributed by atoms with Crippen LogP contribution in [-0.4, -0.2) is 58.5 Å². The second-order valence-electron chi connectivity index (χ2n) is 9.82. The molecule has 0 unspecified atom stereocenters. The zero-order chi connectivity index (χ0) is 30.2. The first-order valence-electron chi connectivity index (χ1n) is 13.1. The molecule has 1 N–H and O–H groups in total. The molecule has 0 bridgehead atoms.